The minimum Gasteiger partial charge on any atom is -0.508 e. The SMILES string of the molecule is Cc1cc(Br)cc(Br)c1N=C(N/N=C/c1ccc(O)cc1)c1ccc2ccccc2n1. The number of hydrogen-bond donors (Lipinski definition) is 2. The molecular weight excluding hydrogens is 520 g/mol. The summed E-state index contributed by atoms with van der Waals surface area (Å²) in [6.07, 6.45) is 1.67. The van der Waals surface area contributed by atoms with Crippen molar-refractivity contribution in [2.24, 2.45) is 10.1 Å². The summed E-state index contributed by atoms with van der Waals surface area (Å²) in [5.74, 6) is 0.732. The second-order valence-electron chi connectivity index (χ2n) is 6.86. The number of aryl methyl sites for hydroxylation is 1. The molecule has 0 atom stereocenters. The molecule has 0 aliphatic rings. The Kier molecular flexibility index (Phi) is 6.44. The highest BCUT2D eigenvalue weighted by molar-refractivity contribution is 9.11. The van der Waals surface area contributed by atoms with Gasteiger partial charge in [0, 0.05) is 14.3 Å². The number of para-hydroxylation sites is 1. The zero-order valence-electron chi connectivity index (χ0n) is 16.6. The summed E-state index contributed by atoms with van der Waals surface area (Å²) in [7, 11) is 0. The van der Waals surface area contributed by atoms with Crippen molar-refractivity contribution < 1.29 is 5.11 Å². The third-order valence-corrected chi connectivity index (χ3v) is 5.62. The molecule has 2 N–H and O–H groups in total. The standard InChI is InChI=1S/C24H18Br2N4O/c1-15-12-18(25)13-20(26)23(15)29-24(30-27-14-16-6-9-19(31)10-7-16)22-11-8-17-4-2-3-5-21(17)28-22/h2-14,31H,1H3,(H,29,30)/b27-14+. The van der Waals surface area contributed by atoms with Crippen LogP contribution in [0.5, 0.6) is 5.75 Å². The van der Waals surface area contributed by atoms with Gasteiger partial charge in [0.05, 0.1) is 17.4 Å². The number of hydrogen-bond acceptors (Lipinski definition) is 4. The van der Waals surface area contributed by atoms with Crippen molar-refractivity contribution in [3.63, 3.8) is 0 Å². The van der Waals surface area contributed by atoms with Gasteiger partial charge in [-0.2, -0.15) is 5.10 Å². The first kappa shape index (κ1) is 21.2. The Morgan fingerprint density at radius 3 is 2.55 bits per heavy atom. The van der Waals surface area contributed by atoms with Crippen LogP contribution in [-0.4, -0.2) is 22.1 Å². The van der Waals surface area contributed by atoms with Gasteiger partial charge < -0.3 is 5.11 Å². The Bertz CT molecular complexity index is 1280. The highest BCUT2D eigenvalue weighted by atomic mass is 79.9. The summed E-state index contributed by atoms with van der Waals surface area (Å²) in [5.41, 5.74) is 7.24. The smallest absolute Gasteiger partial charge is 0.173 e. The Morgan fingerprint density at radius 2 is 1.77 bits per heavy atom. The molecule has 0 bridgehead atoms. The number of nitrogens with one attached hydrogen (secondary N) is 1. The molecule has 0 radical (unpaired) electrons. The van der Waals surface area contributed by atoms with Crippen molar-refractivity contribution in [1.82, 2.24) is 10.4 Å². The Labute approximate surface area is 196 Å². The lowest BCUT2D eigenvalue weighted by Crippen LogP contribution is -2.20. The van der Waals surface area contributed by atoms with Crippen molar-refractivity contribution in [2.45, 2.75) is 6.92 Å². The van der Waals surface area contributed by atoms with Gasteiger partial charge in [-0.1, -0.05) is 40.2 Å². The molecule has 0 amide bonds. The monoisotopic (exact) mass is 536 g/mol. The van der Waals surface area contributed by atoms with Crippen LogP contribution >= 0.6 is 31.9 Å². The topological polar surface area (TPSA) is 69.9 Å². The lowest BCUT2D eigenvalue weighted by atomic mass is 10.2. The first-order chi connectivity index (χ1) is 15.0. The van der Waals surface area contributed by atoms with Gasteiger partial charge >= 0.3 is 0 Å². The van der Waals surface area contributed by atoms with Crippen LogP contribution in [0.2, 0.25) is 0 Å². The molecule has 3 aromatic carbocycles. The summed E-state index contributed by atoms with van der Waals surface area (Å²) in [6.45, 7) is 2.00. The van der Waals surface area contributed by atoms with E-state index in [4.69, 9.17) is 9.98 Å². The maximum absolute atomic E-state index is 9.45. The molecule has 1 heterocycles. The molecule has 0 aliphatic heterocycles. The van der Waals surface area contributed by atoms with E-state index < -0.39 is 0 Å². The van der Waals surface area contributed by atoms with E-state index in [1.165, 1.54) is 0 Å². The van der Waals surface area contributed by atoms with Crippen LogP contribution in [0.1, 0.15) is 16.8 Å². The number of benzene rings is 3. The first-order valence-corrected chi connectivity index (χ1v) is 11.1. The number of halogens is 2. The third kappa shape index (κ3) is 5.18. The zero-order valence-corrected chi connectivity index (χ0v) is 19.7. The molecule has 0 fully saturated rings. The first-order valence-electron chi connectivity index (χ1n) is 9.48. The van der Waals surface area contributed by atoms with Crippen molar-refractivity contribution in [1.29, 1.82) is 0 Å². The highest BCUT2D eigenvalue weighted by Crippen LogP contribution is 2.33. The minimum atomic E-state index is 0.211. The number of aromatic hydroxyl groups is 1. The molecule has 5 nitrogen and oxygen atoms in total. The van der Waals surface area contributed by atoms with Crippen LogP contribution in [0.3, 0.4) is 0 Å². The molecule has 1 aromatic heterocycles. The Balaban J connectivity index is 1.75. The number of hydrazone groups is 1. The van der Waals surface area contributed by atoms with Crippen molar-refractivity contribution in [3.8, 4) is 5.75 Å². The lowest BCUT2D eigenvalue weighted by Gasteiger charge is -2.10. The number of phenols is 1. The van der Waals surface area contributed by atoms with E-state index in [9.17, 15) is 5.11 Å². The van der Waals surface area contributed by atoms with Gasteiger partial charge in [0.25, 0.3) is 0 Å². The van der Waals surface area contributed by atoms with Crippen molar-refractivity contribution in [3.05, 3.63) is 98.6 Å². The molecule has 154 valence electrons. The van der Waals surface area contributed by atoms with Crippen LogP contribution in [0.4, 0.5) is 5.69 Å². The molecule has 7 heteroatoms. The average Bonchev–Trinajstić information content (AvgIpc) is 2.76. The molecule has 4 rings (SSSR count). The van der Waals surface area contributed by atoms with Gasteiger partial charge in [0.2, 0.25) is 0 Å². The van der Waals surface area contributed by atoms with Gasteiger partial charge in [-0.05, 0) is 82.5 Å². The number of aromatic nitrogens is 1. The predicted octanol–water partition coefficient (Wildman–Crippen LogP) is 6.48. The van der Waals surface area contributed by atoms with Crippen LogP contribution in [0.15, 0.2) is 91.8 Å². The maximum atomic E-state index is 9.45. The van der Waals surface area contributed by atoms with E-state index >= 15 is 0 Å². The normalized spacial score (nSPS) is 11.9. The maximum Gasteiger partial charge on any atom is 0.173 e. The molecular formula is C24H18Br2N4O. The van der Waals surface area contributed by atoms with Gasteiger partial charge in [-0.3, -0.25) is 5.43 Å². The van der Waals surface area contributed by atoms with Crippen molar-refractivity contribution in [2.75, 3.05) is 0 Å². The van der Waals surface area contributed by atoms with Gasteiger partial charge in [0.15, 0.2) is 5.84 Å². The van der Waals surface area contributed by atoms with E-state index in [1.807, 2.05) is 55.5 Å². The fourth-order valence-corrected chi connectivity index (χ4v) is 4.54. The number of phenolic OH excluding ortho intramolecular Hbond substituents is 1. The number of pyridine rings is 1. The molecule has 0 saturated carbocycles. The van der Waals surface area contributed by atoms with Gasteiger partial charge in [0.1, 0.15) is 11.4 Å². The number of amidine groups is 1. The Hall–Kier alpha value is -3.03. The molecule has 0 unspecified atom stereocenters. The molecule has 0 saturated heterocycles. The summed E-state index contributed by atoms with van der Waals surface area (Å²) < 4.78 is 1.83. The zero-order chi connectivity index (χ0) is 21.8. The van der Waals surface area contributed by atoms with Gasteiger partial charge in [-0.15, -0.1) is 0 Å². The molecule has 0 aliphatic carbocycles. The Morgan fingerprint density at radius 1 is 1.00 bits per heavy atom. The number of rotatable bonds is 4. The van der Waals surface area contributed by atoms with Gasteiger partial charge in [-0.25, -0.2) is 9.98 Å². The predicted molar refractivity (Wildman–Crippen MR) is 133 cm³/mol. The van der Waals surface area contributed by atoms with Crippen LogP contribution < -0.4 is 5.43 Å². The summed E-state index contributed by atoms with van der Waals surface area (Å²) in [5, 5.41) is 14.8. The summed E-state index contributed by atoms with van der Waals surface area (Å²) >= 11 is 7.11. The van der Waals surface area contributed by atoms with E-state index in [0.29, 0.717) is 11.5 Å². The fourth-order valence-electron chi connectivity index (χ4n) is 3.01. The third-order valence-electron chi connectivity index (χ3n) is 4.56. The molecule has 31 heavy (non-hydrogen) atoms. The van der Waals surface area contributed by atoms with Crippen LogP contribution in [0.25, 0.3) is 10.9 Å². The highest BCUT2D eigenvalue weighted by Gasteiger charge is 2.10. The average molecular weight is 538 g/mol. The second-order valence-corrected chi connectivity index (χ2v) is 8.63. The molecule has 0 spiro atoms. The molecule has 4 aromatic rings. The number of fused-ring (bicyclic) bond motifs is 1. The van der Waals surface area contributed by atoms with Crippen LogP contribution in [0, 0.1) is 6.92 Å². The number of aliphatic imine (C=N–C) groups is 1. The summed E-state index contributed by atoms with van der Waals surface area (Å²) in [6, 6.07) is 22.6. The quantitative estimate of drug-likeness (QED) is 0.178. The van der Waals surface area contributed by atoms with E-state index in [1.54, 1.807) is 30.5 Å². The van der Waals surface area contributed by atoms with E-state index in [0.717, 1.165) is 36.7 Å². The number of nitrogens with zero attached hydrogens (tertiary/aromatic N) is 3. The summed E-state index contributed by atoms with van der Waals surface area (Å²) in [4.78, 5) is 9.60. The largest absolute Gasteiger partial charge is 0.508 e. The van der Waals surface area contributed by atoms with Crippen LogP contribution in [-0.2, 0) is 0 Å². The lowest BCUT2D eigenvalue weighted by molar-refractivity contribution is 0.475. The van der Waals surface area contributed by atoms with E-state index in [-0.39, 0.29) is 5.75 Å². The van der Waals surface area contributed by atoms with E-state index in [2.05, 4.69) is 42.4 Å². The second kappa shape index (κ2) is 9.41. The fraction of sp³-hybridized carbons (Fsp3) is 0.0417. The minimum absolute atomic E-state index is 0.211. The van der Waals surface area contributed by atoms with Crippen molar-refractivity contribution >= 4 is 60.5 Å².